The molecule has 130 valence electrons. The maximum Gasteiger partial charge on any atom is 0.239 e. The van der Waals surface area contributed by atoms with E-state index in [1.54, 1.807) is 12.2 Å². The molecule has 0 atom stereocenters. The second kappa shape index (κ2) is 9.12. The van der Waals surface area contributed by atoms with Crippen LogP contribution in [0.25, 0.3) is 12.2 Å². The summed E-state index contributed by atoms with van der Waals surface area (Å²) in [5.41, 5.74) is 1.66. The molecule has 0 saturated carbocycles. The van der Waals surface area contributed by atoms with E-state index in [1.807, 2.05) is 48.5 Å². The first kappa shape index (κ1) is 19.6. The molecule has 2 aromatic rings. The molecule has 25 heavy (non-hydrogen) atoms. The third kappa shape index (κ3) is 7.37. The zero-order valence-corrected chi connectivity index (χ0v) is 17.0. The van der Waals surface area contributed by atoms with Gasteiger partial charge >= 0.3 is 0 Å². The van der Waals surface area contributed by atoms with E-state index in [-0.39, 0.29) is 0 Å². The monoisotopic (exact) mass is 483 g/mol. The number of halogens is 2. The van der Waals surface area contributed by atoms with Crippen molar-refractivity contribution in [1.82, 2.24) is 4.72 Å². The lowest BCUT2D eigenvalue weighted by molar-refractivity contribution is -0.112. The number of carbonyl (C=O) groups excluding carboxylic acids is 1. The third-order valence-corrected chi connectivity index (χ3v) is 5.27. The fraction of sp³-hybridized carbons (Fsp3) is 0.0556. The van der Waals surface area contributed by atoms with Gasteiger partial charge in [0.25, 0.3) is 0 Å². The minimum Gasteiger partial charge on any atom is -0.294 e. The van der Waals surface area contributed by atoms with E-state index in [1.165, 1.54) is 12.3 Å². The van der Waals surface area contributed by atoms with Gasteiger partial charge in [-0.3, -0.25) is 9.52 Å². The van der Waals surface area contributed by atoms with Crippen LogP contribution in [0, 0.1) is 0 Å². The molecule has 0 heterocycles. The molecule has 0 aromatic heterocycles. The van der Waals surface area contributed by atoms with Crippen LogP contribution in [-0.4, -0.2) is 20.0 Å². The predicted octanol–water partition coefficient (Wildman–Crippen LogP) is 4.38. The quantitative estimate of drug-likeness (QED) is 0.593. The molecule has 0 saturated heterocycles. The lowest BCUT2D eigenvalue weighted by Gasteiger charge is -2.01. The molecule has 4 nitrogen and oxygen atoms in total. The van der Waals surface area contributed by atoms with Crippen molar-refractivity contribution in [1.29, 1.82) is 0 Å². The second-order valence-corrected chi connectivity index (χ2v) is 8.70. The Morgan fingerprint density at radius 2 is 1.36 bits per heavy atom. The van der Waals surface area contributed by atoms with Crippen LogP contribution in [0.4, 0.5) is 0 Å². The van der Waals surface area contributed by atoms with Crippen LogP contribution in [0.1, 0.15) is 11.1 Å². The predicted molar refractivity (Wildman–Crippen MR) is 108 cm³/mol. The molecule has 0 spiro atoms. The molecule has 0 amide bonds. The minimum atomic E-state index is -3.72. The van der Waals surface area contributed by atoms with Gasteiger partial charge in [-0.1, -0.05) is 62.2 Å². The first-order valence-electron chi connectivity index (χ1n) is 7.23. The van der Waals surface area contributed by atoms with Crippen molar-refractivity contribution in [2.24, 2.45) is 0 Å². The molecular formula is C18H15Br2NO3S. The summed E-state index contributed by atoms with van der Waals surface area (Å²) < 4.78 is 28.0. The van der Waals surface area contributed by atoms with Gasteiger partial charge < -0.3 is 0 Å². The molecular weight excluding hydrogens is 470 g/mol. The molecule has 0 unspecified atom stereocenters. The smallest absolute Gasteiger partial charge is 0.239 e. The van der Waals surface area contributed by atoms with Gasteiger partial charge in [-0.15, -0.1) is 0 Å². The zero-order chi connectivity index (χ0) is 18.3. The number of ketones is 1. The zero-order valence-electron chi connectivity index (χ0n) is 13.0. The number of rotatable bonds is 7. The minimum absolute atomic E-state index is 0.493. The van der Waals surface area contributed by atoms with Crippen LogP contribution >= 0.6 is 31.9 Å². The summed E-state index contributed by atoms with van der Waals surface area (Å²) in [7, 11) is -3.72. The number of carbonyl (C=O) groups is 1. The number of nitrogens with one attached hydrogen (secondary N) is 1. The van der Waals surface area contributed by atoms with E-state index < -0.39 is 21.6 Å². The van der Waals surface area contributed by atoms with E-state index in [0.717, 1.165) is 20.1 Å². The highest BCUT2D eigenvalue weighted by molar-refractivity contribution is 9.10. The summed E-state index contributed by atoms with van der Waals surface area (Å²) in [6.45, 7) is 0. The Labute approximate surface area is 164 Å². The van der Waals surface area contributed by atoms with E-state index >= 15 is 0 Å². The van der Waals surface area contributed by atoms with Crippen LogP contribution in [-0.2, 0) is 14.8 Å². The topological polar surface area (TPSA) is 63.2 Å². The van der Waals surface area contributed by atoms with Crippen molar-refractivity contribution in [2.45, 2.75) is 0 Å². The van der Waals surface area contributed by atoms with Gasteiger partial charge in [0.1, 0.15) is 5.75 Å². The maximum atomic E-state index is 11.9. The van der Waals surface area contributed by atoms with E-state index in [4.69, 9.17) is 0 Å². The number of benzene rings is 2. The van der Waals surface area contributed by atoms with Crippen molar-refractivity contribution < 1.29 is 13.2 Å². The number of allylic oxidation sites excluding steroid dienone is 1. The van der Waals surface area contributed by atoms with Crippen molar-refractivity contribution >= 4 is 59.8 Å². The maximum absolute atomic E-state index is 11.9. The van der Waals surface area contributed by atoms with E-state index in [0.29, 0.717) is 0 Å². The SMILES string of the molecule is O=C(/C=C/c1ccc(Br)cc1)CS(=O)(=O)N/C=C\c1ccc(Br)cc1. The van der Waals surface area contributed by atoms with Crippen LogP contribution in [0.15, 0.2) is 69.8 Å². The fourth-order valence-corrected chi connectivity index (χ4v) is 3.21. The van der Waals surface area contributed by atoms with Gasteiger partial charge in [0.15, 0.2) is 5.78 Å². The molecule has 0 aliphatic carbocycles. The van der Waals surface area contributed by atoms with Gasteiger partial charge in [0.2, 0.25) is 10.0 Å². The van der Waals surface area contributed by atoms with Crippen molar-refractivity contribution in [3.05, 3.63) is 80.9 Å². The fourth-order valence-electron chi connectivity index (χ4n) is 1.85. The van der Waals surface area contributed by atoms with Crippen molar-refractivity contribution in [3.63, 3.8) is 0 Å². The first-order valence-corrected chi connectivity index (χ1v) is 10.5. The van der Waals surface area contributed by atoms with Crippen LogP contribution < -0.4 is 4.72 Å². The Hall–Kier alpha value is -1.70. The van der Waals surface area contributed by atoms with Crippen LogP contribution in [0.2, 0.25) is 0 Å². The van der Waals surface area contributed by atoms with Gasteiger partial charge in [-0.25, -0.2) is 8.42 Å². The average molecular weight is 485 g/mol. The Morgan fingerprint density at radius 1 is 0.880 bits per heavy atom. The summed E-state index contributed by atoms with van der Waals surface area (Å²) in [6.07, 6.45) is 5.78. The summed E-state index contributed by atoms with van der Waals surface area (Å²) in [6, 6.07) is 14.7. The highest BCUT2D eigenvalue weighted by atomic mass is 79.9. The normalized spacial score (nSPS) is 11.9. The molecule has 0 bridgehead atoms. The number of sulfonamides is 1. The molecule has 2 aromatic carbocycles. The summed E-state index contributed by atoms with van der Waals surface area (Å²) >= 11 is 6.65. The number of hydrogen-bond acceptors (Lipinski definition) is 3. The van der Waals surface area contributed by atoms with E-state index in [2.05, 4.69) is 36.6 Å². The molecule has 0 radical (unpaired) electrons. The Morgan fingerprint density at radius 3 is 1.88 bits per heavy atom. The summed E-state index contributed by atoms with van der Waals surface area (Å²) in [4.78, 5) is 11.8. The largest absolute Gasteiger partial charge is 0.294 e. The first-order chi connectivity index (χ1) is 11.8. The Kier molecular flexibility index (Phi) is 7.16. The second-order valence-electron chi connectivity index (χ2n) is 5.11. The van der Waals surface area contributed by atoms with Gasteiger partial charge in [-0.05, 0) is 47.5 Å². The molecule has 2 rings (SSSR count). The van der Waals surface area contributed by atoms with Gasteiger partial charge in [0.05, 0.1) is 0 Å². The average Bonchev–Trinajstić information content (AvgIpc) is 2.55. The molecule has 7 heteroatoms. The highest BCUT2D eigenvalue weighted by Crippen LogP contribution is 2.12. The highest BCUT2D eigenvalue weighted by Gasteiger charge is 2.12. The van der Waals surface area contributed by atoms with Crippen molar-refractivity contribution in [2.75, 3.05) is 5.75 Å². The number of hydrogen-bond donors (Lipinski definition) is 1. The van der Waals surface area contributed by atoms with Crippen molar-refractivity contribution in [3.8, 4) is 0 Å². The molecule has 0 fully saturated rings. The van der Waals surface area contributed by atoms with Gasteiger partial charge in [0, 0.05) is 15.1 Å². The summed E-state index contributed by atoms with van der Waals surface area (Å²) in [5.74, 6) is -1.10. The Bertz CT molecular complexity index is 887. The lowest BCUT2D eigenvalue weighted by atomic mass is 10.2. The standard InChI is InChI=1S/C18H15Br2NO3S/c19-16-6-1-14(2-7-16)5-10-18(22)13-25(23,24)21-12-11-15-3-8-17(20)9-4-15/h1-12,21H,13H2/b10-5+,12-11-. The summed E-state index contributed by atoms with van der Waals surface area (Å²) in [5, 5.41) is 0. The third-order valence-electron chi connectivity index (χ3n) is 3.06. The van der Waals surface area contributed by atoms with E-state index in [9.17, 15) is 13.2 Å². The molecule has 0 aliphatic rings. The molecule has 0 aliphatic heterocycles. The molecule has 1 N–H and O–H groups in total. The van der Waals surface area contributed by atoms with Crippen LogP contribution in [0.5, 0.6) is 0 Å². The lowest BCUT2D eigenvalue weighted by Crippen LogP contribution is -2.25. The van der Waals surface area contributed by atoms with Gasteiger partial charge in [-0.2, -0.15) is 0 Å². The van der Waals surface area contributed by atoms with Crippen LogP contribution in [0.3, 0.4) is 0 Å². The Balaban J connectivity index is 1.90.